The highest BCUT2D eigenvalue weighted by atomic mass is 16.5. The second-order valence-electron chi connectivity index (χ2n) is 21.7. The van der Waals surface area contributed by atoms with Crippen molar-refractivity contribution < 1.29 is 78.5 Å². The predicted octanol–water partition coefficient (Wildman–Crippen LogP) is 0.266. The fraction of sp³-hybridized carbons (Fsp3) is 0.552. The zero-order valence-corrected chi connectivity index (χ0v) is 47.5. The van der Waals surface area contributed by atoms with Crippen molar-refractivity contribution in [2.75, 3.05) is 40.1 Å². The van der Waals surface area contributed by atoms with Gasteiger partial charge in [0.25, 0.3) is 17.4 Å². The summed E-state index contributed by atoms with van der Waals surface area (Å²) in [5, 5.41) is 69.5. The molecule has 0 saturated carbocycles. The quantitative estimate of drug-likeness (QED) is 0.0192. The number of hydrogen-bond acceptors (Lipinski definition) is 18. The van der Waals surface area contributed by atoms with Crippen LogP contribution in [-0.2, 0) is 73.0 Å². The fourth-order valence-electron chi connectivity index (χ4n) is 10.2. The van der Waals surface area contributed by atoms with E-state index in [4.69, 9.17) is 19.6 Å². The third-order valence-electron chi connectivity index (χ3n) is 15.7. The zero-order valence-electron chi connectivity index (χ0n) is 47.5. The van der Waals surface area contributed by atoms with E-state index in [9.17, 15) is 68.7 Å². The molecule has 0 bridgehead atoms. The van der Waals surface area contributed by atoms with Crippen LogP contribution in [-0.4, -0.2) is 174 Å². The first kappa shape index (κ1) is 64.1. The molecule has 3 aliphatic rings. The molecule has 1 aromatic carbocycles. The Bertz CT molecular complexity index is 3050. The normalized spacial score (nSPS) is 18.3. The van der Waals surface area contributed by atoms with Gasteiger partial charge in [0, 0.05) is 92.9 Å². The van der Waals surface area contributed by atoms with Gasteiger partial charge in [-0.25, -0.2) is 4.98 Å². The SMILES string of the molecule is C=C1OCc2c(cc3n(c2=O)Cc2c-3nc3cc(C)c(C)cc3c2CCCCOCNC(=O)[C@H](C)CC(=O)[C@H](C)NC(=O)[C@H](C)CC(=O)[C@H](CCC(=O)N(C)C[C@H](O)[C@@H](O)[C@H](O)[C@H](O)CO)NC(=O)CCN2C(=O)C=CC2=O)[C@@]1(O)CC. The number of nitrogens with one attached hydrogen (secondary N) is 3. The number of aryl methyl sites for hydroxylation is 3. The van der Waals surface area contributed by atoms with Crippen molar-refractivity contribution in [2.45, 2.75) is 155 Å². The Labute approximate surface area is 474 Å². The summed E-state index contributed by atoms with van der Waals surface area (Å²) in [6.45, 7) is 13.0. The highest BCUT2D eigenvalue weighted by molar-refractivity contribution is 6.13. The molecule has 0 aliphatic carbocycles. The van der Waals surface area contributed by atoms with E-state index in [1.807, 2.05) is 32.9 Å². The maximum atomic E-state index is 14.0. The van der Waals surface area contributed by atoms with Gasteiger partial charge in [0.2, 0.25) is 23.6 Å². The summed E-state index contributed by atoms with van der Waals surface area (Å²) in [5.74, 6) is -6.67. The summed E-state index contributed by atoms with van der Waals surface area (Å²) in [6.07, 6.45) is -4.92. The Kier molecular flexibility index (Phi) is 21.7. The Morgan fingerprint density at radius 3 is 2.18 bits per heavy atom. The van der Waals surface area contributed by atoms with E-state index in [-0.39, 0.29) is 50.5 Å². The van der Waals surface area contributed by atoms with Crippen molar-refractivity contribution in [2.24, 2.45) is 11.8 Å². The number of carbonyl (C=O) groups is 8. The molecule has 6 rings (SSSR count). The number of nitrogens with zero attached hydrogens (tertiary/aromatic N) is 4. The second-order valence-corrected chi connectivity index (χ2v) is 21.7. The molecule has 5 heterocycles. The third kappa shape index (κ3) is 14.8. The summed E-state index contributed by atoms with van der Waals surface area (Å²) in [4.78, 5) is 124. The Morgan fingerprint density at radius 1 is 0.866 bits per heavy atom. The first-order valence-corrected chi connectivity index (χ1v) is 27.6. The molecular weight excluding hydrogens is 1070 g/mol. The number of fused-ring (bicyclic) bond motifs is 5. The van der Waals surface area contributed by atoms with Crippen molar-refractivity contribution in [1.82, 2.24) is 35.3 Å². The zero-order chi connectivity index (χ0) is 60.5. The standard InChI is InChI=1S/C58H77N7O17/c1-9-58(80)35(7)82-28-39-40(58)24-43-52-38(25-65(43)57(39)79)36(37-20-30(2)31(3)21-42(37)62-52)12-10-11-19-81-29-59-55(77)32(4)22-44(67)34(6)60-56(78)33(5)23-45(68)41(61-48(71)17-18-64-50(73)15-16-51(64)74)13-14-49(72)63(8)26-46(69)53(75)54(76)47(70)27-66/h15-16,20-21,24,32-34,41,46-47,53-54,66,69-70,75-76,80H,7,9-14,17-19,22-23,25-29H2,1-6,8H3,(H,59,77)(H,60,78)(H,61,71)/t32-,33-,34+,41+,46+,47-,53-,54-,58-/m1/s1. The number of Topliss-reactive ketones (excluding diaryl/α,β-unsaturated/α-hetero) is 2. The molecule has 3 aliphatic heterocycles. The van der Waals surface area contributed by atoms with Gasteiger partial charge in [-0.15, -0.1) is 0 Å². The Hall–Kier alpha value is -7.06. The van der Waals surface area contributed by atoms with E-state index in [1.54, 1.807) is 11.5 Å². The number of carbonyl (C=O) groups excluding carboxylic acids is 8. The molecule has 0 spiro atoms. The number of amides is 6. The number of rotatable bonds is 30. The highest BCUT2D eigenvalue weighted by Crippen LogP contribution is 2.43. The number of ketones is 2. The van der Waals surface area contributed by atoms with Crippen LogP contribution in [0.3, 0.4) is 0 Å². The first-order chi connectivity index (χ1) is 38.7. The number of unbranched alkanes of at least 4 members (excludes halogenated alkanes) is 1. The largest absolute Gasteiger partial charge is 0.490 e. The molecule has 0 unspecified atom stereocenters. The van der Waals surface area contributed by atoms with Crippen LogP contribution in [0.4, 0.5) is 0 Å². The van der Waals surface area contributed by atoms with Crippen LogP contribution in [0.1, 0.15) is 112 Å². The molecule has 9 N–H and O–H groups in total. The maximum Gasteiger partial charge on any atom is 0.258 e. The summed E-state index contributed by atoms with van der Waals surface area (Å²) in [6, 6.07) is 3.58. The first-order valence-electron chi connectivity index (χ1n) is 27.6. The molecule has 446 valence electrons. The van der Waals surface area contributed by atoms with Crippen LogP contribution in [0, 0.1) is 25.7 Å². The van der Waals surface area contributed by atoms with Gasteiger partial charge in [0.1, 0.15) is 49.1 Å². The third-order valence-corrected chi connectivity index (χ3v) is 15.7. The van der Waals surface area contributed by atoms with Crippen molar-refractivity contribution in [3.63, 3.8) is 0 Å². The van der Waals surface area contributed by atoms with E-state index < -0.39 is 133 Å². The van der Waals surface area contributed by atoms with E-state index in [0.717, 1.165) is 55.1 Å². The van der Waals surface area contributed by atoms with Crippen LogP contribution >= 0.6 is 0 Å². The lowest BCUT2D eigenvalue weighted by Crippen LogP contribution is -2.50. The Morgan fingerprint density at radius 2 is 1.51 bits per heavy atom. The van der Waals surface area contributed by atoms with E-state index in [0.29, 0.717) is 54.9 Å². The van der Waals surface area contributed by atoms with Gasteiger partial charge >= 0.3 is 0 Å². The minimum Gasteiger partial charge on any atom is -0.490 e. The molecular formula is C58H77N7O17. The smallest absolute Gasteiger partial charge is 0.258 e. The molecule has 0 radical (unpaired) electrons. The van der Waals surface area contributed by atoms with Crippen LogP contribution in [0.2, 0.25) is 0 Å². The minimum atomic E-state index is -1.95. The van der Waals surface area contributed by atoms with Gasteiger partial charge in [-0.05, 0) is 87.8 Å². The summed E-state index contributed by atoms with van der Waals surface area (Å²) < 4.78 is 13.2. The predicted molar refractivity (Wildman–Crippen MR) is 296 cm³/mol. The van der Waals surface area contributed by atoms with Crippen molar-refractivity contribution in [1.29, 1.82) is 0 Å². The molecule has 3 aromatic rings. The lowest BCUT2D eigenvalue weighted by atomic mass is 9.84. The Balaban J connectivity index is 0.967. The molecule has 2 aromatic heterocycles. The number of hydrogen-bond donors (Lipinski definition) is 9. The van der Waals surface area contributed by atoms with Gasteiger partial charge < -0.3 is 65.5 Å². The number of benzene rings is 1. The molecule has 24 heteroatoms. The molecule has 6 amide bonds. The number of aromatic nitrogens is 2. The maximum absolute atomic E-state index is 14.0. The monoisotopic (exact) mass is 1140 g/mol. The number of imide groups is 1. The summed E-state index contributed by atoms with van der Waals surface area (Å²) in [5.41, 5.74) is 5.43. The molecule has 0 saturated heterocycles. The van der Waals surface area contributed by atoms with E-state index >= 15 is 0 Å². The number of likely N-dealkylation sites (N-methyl/N-ethyl adjacent to an activating group) is 1. The van der Waals surface area contributed by atoms with Gasteiger partial charge in [0.05, 0.1) is 47.7 Å². The van der Waals surface area contributed by atoms with Crippen molar-refractivity contribution in [3.8, 4) is 11.4 Å². The van der Waals surface area contributed by atoms with Crippen molar-refractivity contribution in [3.05, 3.63) is 86.4 Å². The summed E-state index contributed by atoms with van der Waals surface area (Å²) in [7, 11) is 1.25. The van der Waals surface area contributed by atoms with Gasteiger partial charge in [-0.1, -0.05) is 27.4 Å². The van der Waals surface area contributed by atoms with Crippen molar-refractivity contribution >= 4 is 57.9 Å². The fourth-order valence-corrected chi connectivity index (χ4v) is 10.2. The van der Waals surface area contributed by atoms with Crippen LogP contribution in [0.25, 0.3) is 22.3 Å². The molecule has 24 nitrogen and oxygen atoms in total. The number of aliphatic hydroxyl groups is 6. The number of pyridine rings is 2. The molecule has 9 atom stereocenters. The van der Waals surface area contributed by atoms with Gasteiger partial charge in [-0.2, -0.15) is 0 Å². The lowest BCUT2D eigenvalue weighted by molar-refractivity contribution is -0.139. The van der Waals surface area contributed by atoms with Crippen LogP contribution in [0.5, 0.6) is 0 Å². The number of aliphatic hydroxyl groups excluding tert-OH is 5. The van der Waals surface area contributed by atoms with E-state index in [2.05, 4.69) is 28.6 Å². The van der Waals surface area contributed by atoms with E-state index in [1.165, 1.54) is 20.9 Å². The average Bonchev–Trinajstić information content (AvgIpc) is 2.12. The number of ether oxygens (including phenoxy) is 2. The van der Waals surface area contributed by atoms with Gasteiger partial charge in [0.15, 0.2) is 11.6 Å². The lowest BCUT2D eigenvalue weighted by Gasteiger charge is -2.35. The highest BCUT2D eigenvalue weighted by Gasteiger charge is 2.42. The average molecular weight is 1140 g/mol. The van der Waals surface area contributed by atoms with Crippen LogP contribution < -0.4 is 21.5 Å². The molecule has 82 heavy (non-hydrogen) atoms. The van der Waals surface area contributed by atoms with Crippen LogP contribution in [0.15, 0.2) is 47.5 Å². The minimum absolute atomic E-state index is 0.0147. The topological polar surface area (TPSA) is 354 Å². The summed E-state index contributed by atoms with van der Waals surface area (Å²) >= 11 is 0. The van der Waals surface area contributed by atoms with Gasteiger partial charge in [-0.3, -0.25) is 48.1 Å². The molecule has 0 fully saturated rings. The second kappa shape index (κ2) is 27.8.